The van der Waals surface area contributed by atoms with E-state index in [9.17, 15) is 9.59 Å². The van der Waals surface area contributed by atoms with Crippen LogP contribution in [0.1, 0.15) is 0 Å². The van der Waals surface area contributed by atoms with Crippen LogP contribution in [-0.4, -0.2) is 52.2 Å². The number of carbonyl (C=O) groups is 2. The van der Waals surface area contributed by atoms with Crippen LogP contribution in [0.5, 0.6) is 0 Å². The number of aliphatic imine (C=N–C) groups is 1. The van der Waals surface area contributed by atoms with Gasteiger partial charge >= 0.3 is 11.9 Å². The van der Waals surface area contributed by atoms with Crippen LogP contribution >= 0.6 is 0 Å². The highest BCUT2D eigenvalue weighted by Gasteiger charge is 2.09. The summed E-state index contributed by atoms with van der Waals surface area (Å²) in [6.07, 6.45) is 3.18. The molecule has 0 saturated carbocycles. The van der Waals surface area contributed by atoms with Gasteiger partial charge in [0.05, 0.1) is 13.1 Å². The third-order valence-electron chi connectivity index (χ3n) is 3.71. The van der Waals surface area contributed by atoms with Gasteiger partial charge in [0, 0.05) is 48.9 Å². The highest BCUT2D eigenvalue weighted by molar-refractivity contribution is 5.90. The van der Waals surface area contributed by atoms with Crippen molar-refractivity contribution in [3.63, 3.8) is 0 Å². The summed E-state index contributed by atoms with van der Waals surface area (Å²) in [4.78, 5) is 23.5. The van der Waals surface area contributed by atoms with Crippen molar-refractivity contribution in [3.05, 3.63) is 54.7 Å². The molecule has 8 nitrogen and oxygen atoms in total. The number of hydrogen-bond donors (Lipinski definition) is 4. The number of carboxylic acids is 2. The number of nitrogens with zero attached hydrogens (tertiary/aromatic N) is 2. The van der Waals surface area contributed by atoms with Crippen molar-refractivity contribution in [2.24, 2.45) is 12.0 Å². The van der Waals surface area contributed by atoms with Crippen LogP contribution in [0.4, 0.5) is 5.69 Å². The van der Waals surface area contributed by atoms with Gasteiger partial charge in [-0.1, -0.05) is 18.2 Å². The van der Waals surface area contributed by atoms with Crippen LogP contribution in [0.25, 0.3) is 11.3 Å². The number of aryl methyl sites for hydroxylation is 1. The molecule has 1 aromatic carbocycles. The molecule has 1 aromatic heterocycles. The number of rotatable bonds is 6. The fraction of sp³-hybridized carbons (Fsp3) is 0.211. The van der Waals surface area contributed by atoms with Gasteiger partial charge in [0.25, 0.3) is 0 Å². The van der Waals surface area contributed by atoms with E-state index in [2.05, 4.69) is 69.8 Å². The Balaban J connectivity index is 0.000000279. The maximum atomic E-state index is 9.55. The smallest absolute Gasteiger partial charge is 0.328 e. The molecule has 1 aliphatic rings. The maximum Gasteiger partial charge on any atom is 0.328 e. The monoisotopic (exact) mass is 370 g/mol. The zero-order valence-electron chi connectivity index (χ0n) is 14.9. The van der Waals surface area contributed by atoms with E-state index in [-0.39, 0.29) is 0 Å². The summed E-state index contributed by atoms with van der Waals surface area (Å²) < 4.78 is 2.13. The summed E-state index contributed by atoms with van der Waals surface area (Å²) in [5.74, 6) is -1.47. The van der Waals surface area contributed by atoms with E-state index in [1.807, 2.05) is 0 Å². The average Bonchev–Trinajstić information content (AvgIpc) is 3.30. The van der Waals surface area contributed by atoms with Gasteiger partial charge in [-0.3, -0.25) is 4.99 Å². The molecular formula is C19H22N4O4. The van der Waals surface area contributed by atoms with Crippen LogP contribution in [0.3, 0.4) is 0 Å². The van der Waals surface area contributed by atoms with E-state index < -0.39 is 11.9 Å². The first-order valence-electron chi connectivity index (χ1n) is 8.33. The van der Waals surface area contributed by atoms with E-state index in [1.54, 1.807) is 0 Å². The molecule has 0 amide bonds. The Morgan fingerprint density at radius 3 is 2.44 bits per heavy atom. The molecule has 4 N–H and O–H groups in total. The Bertz CT molecular complexity index is 839. The normalized spacial score (nSPS) is 12.7. The second-order valence-corrected chi connectivity index (χ2v) is 5.67. The molecule has 1 aliphatic heterocycles. The minimum Gasteiger partial charge on any atom is -0.478 e. The number of nitrogens with one attached hydrogen (secondary N) is 2. The number of aliphatic carboxylic acids is 2. The van der Waals surface area contributed by atoms with Crippen LogP contribution in [0, 0.1) is 0 Å². The number of hydrogen-bond acceptors (Lipinski definition) is 5. The average molecular weight is 370 g/mol. The van der Waals surface area contributed by atoms with E-state index in [0.29, 0.717) is 12.2 Å². The molecule has 0 spiro atoms. The highest BCUT2D eigenvalue weighted by Crippen LogP contribution is 2.27. The Morgan fingerprint density at radius 1 is 1.19 bits per heavy atom. The van der Waals surface area contributed by atoms with Crippen LogP contribution in [-0.2, 0) is 16.6 Å². The Morgan fingerprint density at radius 2 is 1.89 bits per heavy atom. The first-order valence-corrected chi connectivity index (χ1v) is 8.33. The number of anilines is 1. The second kappa shape index (κ2) is 9.81. The SMILES string of the molecule is Cn1cccc1-c1ccccc1NCC1=NCCN1.O=C(O)C=CC(=O)O. The molecule has 0 bridgehead atoms. The number of aromatic nitrogens is 1. The molecule has 0 aliphatic carbocycles. The molecule has 142 valence electrons. The minimum absolute atomic E-state index is 0.558. The number of amidine groups is 1. The summed E-state index contributed by atoms with van der Waals surface area (Å²) >= 11 is 0. The van der Waals surface area contributed by atoms with Crippen LogP contribution < -0.4 is 10.6 Å². The quantitative estimate of drug-likeness (QED) is 0.577. The fourth-order valence-corrected chi connectivity index (χ4v) is 2.49. The van der Waals surface area contributed by atoms with Gasteiger partial charge in [-0.25, -0.2) is 9.59 Å². The lowest BCUT2D eigenvalue weighted by Crippen LogP contribution is -2.26. The zero-order chi connectivity index (χ0) is 19.6. The largest absolute Gasteiger partial charge is 0.478 e. The van der Waals surface area contributed by atoms with Gasteiger partial charge in [0.2, 0.25) is 0 Å². The molecule has 0 unspecified atom stereocenters. The lowest BCUT2D eigenvalue weighted by molar-refractivity contribution is -0.134. The fourth-order valence-electron chi connectivity index (χ4n) is 2.49. The first kappa shape index (κ1) is 19.8. The molecule has 0 atom stereocenters. The van der Waals surface area contributed by atoms with Gasteiger partial charge in [-0.2, -0.15) is 0 Å². The Labute approximate surface area is 156 Å². The summed E-state index contributed by atoms with van der Waals surface area (Å²) in [5, 5.41) is 22.4. The van der Waals surface area contributed by atoms with E-state index >= 15 is 0 Å². The molecule has 3 rings (SSSR count). The van der Waals surface area contributed by atoms with Crippen LogP contribution in [0.2, 0.25) is 0 Å². The van der Waals surface area contributed by atoms with Crippen molar-refractivity contribution in [3.8, 4) is 11.3 Å². The summed E-state index contributed by atoms with van der Waals surface area (Å²) in [7, 11) is 2.06. The third kappa shape index (κ3) is 6.35. The molecule has 0 fully saturated rings. The molecule has 2 aromatic rings. The minimum atomic E-state index is -1.26. The zero-order valence-corrected chi connectivity index (χ0v) is 14.9. The Hall–Kier alpha value is -3.55. The van der Waals surface area contributed by atoms with E-state index in [4.69, 9.17) is 10.2 Å². The summed E-state index contributed by atoms with van der Waals surface area (Å²) in [6, 6.07) is 12.6. The van der Waals surface area contributed by atoms with Gasteiger partial charge in [-0.15, -0.1) is 0 Å². The second-order valence-electron chi connectivity index (χ2n) is 5.67. The van der Waals surface area contributed by atoms with Crippen molar-refractivity contribution in [1.82, 2.24) is 9.88 Å². The van der Waals surface area contributed by atoms with Gasteiger partial charge in [0.15, 0.2) is 0 Å². The number of benzene rings is 1. The van der Waals surface area contributed by atoms with Crippen molar-refractivity contribution in [2.45, 2.75) is 0 Å². The van der Waals surface area contributed by atoms with Crippen LogP contribution in [0.15, 0.2) is 59.7 Å². The van der Waals surface area contributed by atoms with Gasteiger partial charge in [0.1, 0.15) is 5.84 Å². The predicted molar refractivity (Wildman–Crippen MR) is 104 cm³/mol. The van der Waals surface area contributed by atoms with Crippen molar-refractivity contribution < 1.29 is 19.8 Å². The molecule has 2 heterocycles. The van der Waals surface area contributed by atoms with Crippen molar-refractivity contribution in [2.75, 3.05) is 25.0 Å². The van der Waals surface area contributed by atoms with Gasteiger partial charge < -0.3 is 25.4 Å². The molecule has 8 heteroatoms. The predicted octanol–water partition coefficient (Wildman–Crippen LogP) is 1.82. The standard InChI is InChI=1S/C15H18N4.C4H4O4/c1-19-10-4-7-14(19)12-5-2-3-6-13(12)18-11-15-16-8-9-17-15;5-3(6)1-2-4(7)8/h2-7,10,18H,8-9,11H2,1H3,(H,16,17);1-2H,(H,5,6)(H,7,8). The Kier molecular flexibility index (Phi) is 7.18. The summed E-state index contributed by atoms with van der Waals surface area (Å²) in [6.45, 7) is 2.59. The van der Waals surface area contributed by atoms with Crippen molar-refractivity contribution >= 4 is 23.5 Å². The topological polar surface area (TPSA) is 116 Å². The molecular weight excluding hydrogens is 348 g/mol. The third-order valence-corrected chi connectivity index (χ3v) is 3.71. The van der Waals surface area contributed by atoms with Crippen molar-refractivity contribution in [1.29, 1.82) is 0 Å². The number of carboxylic acid groups (broad SMARTS) is 2. The first-order chi connectivity index (χ1) is 13.0. The lowest BCUT2D eigenvalue weighted by Gasteiger charge is -2.13. The van der Waals surface area contributed by atoms with E-state index in [1.165, 1.54) is 11.3 Å². The maximum absolute atomic E-state index is 9.55. The van der Waals surface area contributed by atoms with Gasteiger partial charge in [-0.05, 0) is 18.2 Å². The highest BCUT2D eigenvalue weighted by atomic mass is 16.4. The van der Waals surface area contributed by atoms with E-state index in [0.717, 1.165) is 31.2 Å². The number of para-hydroxylation sites is 1. The summed E-state index contributed by atoms with van der Waals surface area (Å²) in [5.41, 5.74) is 3.57. The lowest BCUT2D eigenvalue weighted by atomic mass is 10.1. The molecule has 0 radical (unpaired) electrons. The molecule has 27 heavy (non-hydrogen) atoms. The molecule has 0 saturated heterocycles.